The highest BCUT2D eigenvalue weighted by Gasteiger charge is 2.28. The van der Waals surface area contributed by atoms with E-state index in [9.17, 15) is 9.59 Å². The van der Waals surface area contributed by atoms with Gasteiger partial charge in [0, 0.05) is 23.2 Å². The van der Waals surface area contributed by atoms with Crippen LogP contribution in [-0.2, 0) is 17.6 Å². The van der Waals surface area contributed by atoms with E-state index in [1.54, 1.807) is 24.3 Å². The second kappa shape index (κ2) is 7.04. The third-order valence-corrected chi connectivity index (χ3v) is 5.84. The van der Waals surface area contributed by atoms with Crippen LogP contribution in [-0.4, -0.2) is 18.3 Å². The summed E-state index contributed by atoms with van der Waals surface area (Å²) in [5, 5.41) is 3.63. The van der Waals surface area contributed by atoms with Gasteiger partial charge in [-0.1, -0.05) is 0 Å². The molecule has 7 heteroatoms. The van der Waals surface area contributed by atoms with Crippen molar-refractivity contribution in [3.63, 3.8) is 0 Å². The monoisotopic (exact) mass is 421 g/mol. The van der Waals surface area contributed by atoms with Crippen molar-refractivity contribution in [3.05, 3.63) is 57.4 Å². The zero-order valence-electron chi connectivity index (χ0n) is 17.7. The molecule has 0 spiro atoms. The summed E-state index contributed by atoms with van der Waals surface area (Å²) in [4.78, 5) is 25.3. The number of carbonyl (C=O) groups excluding carboxylic acids is 1. The third-order valence-electron chi connectivity index (χ3n) is 5.84. The van der Waals surface area contributed by atoms with Crippen LogP contribution in [0.1, 0.15) is 37.0 Å². The second-order valence-electron chi connectivity index (χ2n) is 8.60. The lowest BCUT2D eigenvalue weighted by Gasteiger charge is -2.32. The Morgan fingerprint density at radius 1 is 1.10 bits per heavy atom. The summed E-state index contributed by atoms with van der Waals surface area (Å²) >= 11 is 0. The van der Waals surface area contributed by atoms with Crippen LogP contribution in [0.3, 0.4) is 0 Å². The van der Waals surface area contributed by atoms with Gasteiger partial charge in [0.05, 0.1) is 12.0 Å². The number of nitrogens with one attached hydrogen (secondary N) is 1. The van der Waals surface area contributed by atoms with Crippen LogP contribution in [0, 0.1) is 6.92 Å². The molecule has 31 heavy (non-hydrogen) atoms. The van der Waals surface area contributed by atoms with Gasteiger partial charge < -0.3 is 23.9 Å². The first-order chi connectivity index (χ1) is 14.8. The zero-order chi connectivity index (χ0) is 21.8. The van der Waals surface area contributed by atoms with Crippen LogP contribution >= 0.6 is 0 Å². The van der Waals surface area contributed by atoms with E-state index >= 15 is 0 Å². The Morgan fingerprint density at radius 2 is 1.90 bits per heavy atom. The van der Waals surface area contributed by atoms with Gasteiger partial charge in [-0.3, -0.25) is 4.79 Å². The molecule has 2 aliphatic heterocycles. The first kappa shape index (κ1) is 19.5. The third kappa shape index (κ3) is 3.60. The Balaban J connectivity index is 1.43. The van der Waals surface area contributed by atoms with E-state index in [1.165, 1.54) is 0 Å². The number of benzene rings is 2. The smallest absolute Gasteiger partial charge is 0.340 e. The molecule has 0 aliphatic carbocycles. The molecular formula is C24H23NO6. The normalized spacial score (nSPS) is 16.0. The standard InChI is InChI=1S/C24H23NO6/c1-13-16-8-14-6-7-24(2,3)31-19(14)11-20(16)30-23(27)17(13)10-22(26)25-15-4-5-18-21(9-15)29-12-28-18/h4-5,8-9,11H,6-7,10,12H2,1-3H3,(H,25,26). The molecule has 5 rings (SSSR count). The first-order valence-electron chi connectivity index (χ1n) is 10.3. The Labute approximate surface area is 178 Å². The molecule has 3 heterocycles. The molecule has 0 atom stereocenters. The molecule has 7 nitrogen and oxygen atoms in total. The quantitative estimate of drug-likeness (QED) is 0.641. The summed E-state index contributed by atoms with van der Waals surface area (Å²) in [7, 11) is 0. The number of amides is 1. The fourth-order valence-corrected chi connectivity index (χ4v) is 4.08. The fourth-order valence-electron chi connectivity index (χ4n) is 4.08. The SMILES string of the molecule is Cc1c(CC(=O)Nc2ccc3c(c2)OCO3)c(=O)oc2cc3c(cc12)CCC(C)(C)O3. The topological polar surface area (TPSA) is 87.0 Å². The van der Waals surface area contributed by atoms with E-state index in [2.05, 4.69) is 5.32 Å². The van der Waals surface area contributed by atoms with E-state index in [1.807, 2.05) is 26.8 Å². The highest BCUT2D eigenvalue weighted by atomic mass is 16.7. The van der Waals surface area contributed by atoms with Gasteiger partial charge >= 0.3 is 5.63 Å². The lowest BCUT2D eigenvalue weighted by molar-refractivity contribution is -0.115. The molecule has 0 saturated heterocycles. The molecule has 0 saturated carbocycles. The number of hydrogen-bond donors (Lipinski definition) is 1. The molecule has 0 unspecified atom stereocenters. The maximum Gasteiger partial charge on any atom is 0.340 e. The molecule has 3 aromatic rings. The number of rotatable bonds is 3. The van der Waals surface area contributed by atoms with Crippen molar-refractivity contribution in [3.8, 4) is 17.2 Å². The van der Waals surface area contributed by atoms with Crippen molar-refractivity contribution < 1.29 is 23.4 Å². The van der Waals surface area contributed by atoms with Crippen LogP contribution in [0.4, 0.5) is 5.69 Å². The van der Waals surface area contributed by atoms with Gasteiger partial charge in [0.15, 0.2) is 11.5 Å². The Hall–Kier alpha value is -3.48. The summed E-state index contributed by atoms with van der Waals surface area (Å²) in [6.45, 7) is 6.10. The summed E-state index contributed by atoms with van der Waals surface area (Å²) in [6, 6.07) is 8.96. The van der Waals surface area contributed by atoms with E-state index in [4.69, 9.17) is 18.6 Å². The zero-order valence-corrected chi connectivity index (χ0v) is 17.7. The van der Waals surface area contributed by atoms with Gasteiger partial charge in [-0.2, -0.15) is 0 Å². The maximum absolute atomic E-state index is 12.7. The van der Waals surface area contributed by atoms with Crippen molar-refractivity contribution in [2.24, 2.45) is 0 Å². The Morgan fingerprint density at radius 3 is 2.74 bits per heavy atom. The van der Waals surface area contributed by atoms with Crippen molar-refractivity contribution in [2.75, 3.05) is 12.1 Å². The lowest BCUT2D eigenvalue weighted by atomic mass is 9.92. The van der Waals surface area contributed by atoms with Crippen LogP contribution < -0.4 is 25.2 Å². The molecule has 0 bridgehead atoms. The van der Waals surface area contributed by atoms with E-state index < -0.39 is 5.63 Å². The van der Waals surface area contributed by atoms with Crippen LogP contribution in [0.2, 0.25) is 0 Å². The van der Waals surface area contributed by atoms with E-state index in [0.717, 1.165) is 35.1 Å². The van der Waals surface area contributed by atoms with Gasteiger partial charge in [-0.05, 0) is 62.9 Å². The Bertz CT molecular complexity index is 1270. The average molecular weight is 421 g/mol. The second-order valence-corrected chi connectivity index (χ2v) is 8.60. The molecule has 2 aromatic carbocycles. The lowest BCUT2D eigenvalue weighted by Crippen LogP contribution is -2.32. The van der Waals surface area contributed by atoms with Crippen LogP contribution in [0.25, 0.3) is 11.0 Å². The summed E-state index contributed by atoms with van der Waals surface area (Å²) in [5.74, 6) is 1.66. The summed E-state index contributed by atoms with van der Waals surface area (Å²) < 4.78 is 22.2. The van der Waals surface area contributed by atoms with Crippen molar-refractivity contribution in [1.82, 2.24) is 0 Å². The fraction of sp³-hybridized carbons (Fsp3) is 0.333. The van der Waals surface area contributed by atoms with Gasteiger partial charge in [0.25, 0.3) is 0 Å². The summed E-state index contributed by atoms with van der Waals surface area (Å²) in [6.07, 6.45) is 1.71. The Kier molecular flexibility index (Phi) is 4.43. The van der Waals surface area contributed by atoms with Crippen molar-refractivity contribution in [2.45, 2.75) is 45.6 Å². The number of carbonyl (C=O) groups is 1. The molecule has 2 aliphatic rings. The molecule has 1 amide bonds. The average Bonchev–Trinajstić information content (AvgIpc) is 3.17. The predicted molar refractivity (Wildman–Crippen MR) is 115 cm³/mol. The molecule has 1 aromatic heterocycles. The highest BCUT2D eigenvalue weighted by Crippen LogP contribution is 2.37. The number of hydrogen-bond acceptors (Lipinski definition) is 6. The molecule has 0 fully saturated rings. The predicted octanol–water partition coefficient (Wildman–Crippen LogP) is 4.11. The van der Waals surface area contributed by atoms with Gasteiger partial charge in [0.2, 0.25) is 12.7 Å². The molecular weight excluding hydrogens is 398 g/mol. The number of aryl methyl sites for hydroxylation is 2. The molecule has 0 radical (unpaired) electrons. The van der Waals surface area contributed by atoms with Crippen LogP contribution in [0.5, 0.6) is 17.2 Å². The number of anilines is 1. The van der Waals surface area contributed by atoms with Gasteiger partial charge in [-0.25, -0.2) is 4.79 Å². The van der Waals surface area contributed by atoms with Crippen LogP contribution in [0.15, 0.2) is 39.5 Å². The highest BCUT2D eigenvalue weighted by molar-refractivity contribution is 5.94. The molecule has 1 N–H and O–H groups in total. The van der Waals surface area contributed by atoms with Crippen molar-refractivity contribution in [1.29, 1.82) is 0 Å². The van der Waals surface area contributed by atoms with Crippen molar-refractivity contribution >= 4 is 22.6 Å². The minimum absolute atomic E-state index is 0.0842. The maximum atomic E-state index is 12.7. The van der Waals surface area contributed by atoms with E-state index in [-0.39, 0.29) is 24.7 Å². The molecule has 160 valence electrons. The van der Waals surface area contributed by atoms with Gasteiger partial charge in [0.1, 0.15) is 16.9 Å². The number of ether oxygens (including phenoxy) is 3. The minimum Gasteiger partial charge on any atom is -0.487 e. The van der Waals surface area contributed by atoms with E-state index in [0.29, 0.717) is 28.3 Å². The number of fused-ring (bicyclic) bond motifs is 3. The minimum atomic E-state index is -0.513. The van der Waals surface area contributed by atoms with Gasteiger partial charge in [-0.15, -0.1) is 0 Å². The first-order valence-corrected chi connectivity index (χ1v) is 10.3. The largest absolute Gasteiger partial charge is 0.487 e. The summed E-state index contributed by atoms with van der Waals surface area (Å²) in [5.41, 5.74) is 2.47.